The maximum absolute atomic E-state index is 13.2. The Labute approximate surface area is 193 Å². The normalized spacial score (nSPS) is 11.2. The fourth-order valence-electron chi connectivity index (χ4n) is 3.19. The molecule has 0 spiro atoms. The number of fused-ring (bicyclic) bond motifs is 1. The van der Waals surface area contributed by atoms with Gasteiger partial charge in [-0.3, -0.25) is 9.69 Å². The first-order valence-corrected chi connectivity index (χ1v) is 11.3. The van der Waals surface area contributed by atoms with Crippen LogP contribution in [0.4, 0.5) is 5.13 Å². The number of carbonyl (C=O) groups excluding carboxylic acids is 1. The molecule has 0 bridgehead atoms. The quantitative estimate of drug-likeness (QED) is 0.449. The van der Waals surface area contributed by atoms with Gasteiger partial charge in [0.2, 0.25) is 0 Å². The van der Waals surface area contributed by atoms with E-state index in [0.29, 0.717) is 46.9 Å². The number of hydrogen-bond acceptors (Lipinski definition) is 7. The molecule has 0 aliphatic carbocycles. The summed E-state index contributed by atoms with van der Waals surface area (Å²) >= 11 is 1.41. The van der Waals surface area contributed by atoms with Gasteiger partial charge in [-0.25, -0.2) is 4.98 Å². The van der Waals surface area contributed by atoms with Crippen LogP contribution in [0.3, 0.4) is 0 Å². The highest BCUT2D eigenvalue weighted by Crippen LogP contribution is 2.40. The smallest absolute Gasteiger partial charge is 0.266 e. The van der Waals surface area contributed by atoms with Crippen LogP contribution in [0.5, 0.6) is 17.2 Å². The van der Waals surface area contributed by atoms with E-state index < -0.39 is 0 Å². The minimum Gasteiger partial charge on any atom is -0.495 e. The first kappa shape index (κ1) is 23.8. The van der Waals surface area contributed by atoms with E-state index in [2.05, 4.69) is 13.8 Å². The van der Waals surface area contributed by atoms with Gasteiger partial charge >= 0.3 is 0 Å². The fraction of sp³-hybridized carbons (Fsp3) is 0.417. The Bertz CT molecular complexity index is 1010. The van der Waals surface area contributed by atoms with Crippen LogP contribution in [0.2, 0.25) is 0 Å². The molecular weight excluding hydrogens is 426 g/mol. The molecule has 3 aromatic rings. The van der Waals surface area contributed by atoms with Gasteiger partial charge in [-0.15, -0.1) is 0 Å². The number of thiazole rings is 1. The molecule has 0 aliphatic heterocycles. The molecule has 2 aromatic carbocycles. The van der Waals surface area contributed by atoms with Crippen LogP contribution in [-0.4, -0.2) is 63.8 Å². The SMILES string of the molecule is COc1ccc(OC)c2sc(N(CCN(C)C)C(=O)COc3ccc(C(C)C)cc3)nc12. The van der Waals surface area contributed by atoms with Gasteiger partial charge in [0, 0.05) is 13.1 Å². The van der Waals surface area contributed by atoms with Gasteiger partial charge in [0.1, 0.15) is 27.5 Å². The predicted octanol–water partition coefficient (Wildman–Crippen LogP) is 4.41. The summed E-state index contributed by atoms with van der Waals surface area (Å²) in [5.74, 6) is 2.30. The Hall–Kier alpha value is -2.84. The molecule has 3 rings (SSSR count). The van der Waals surface area contributed by atoms with E-state index in [9.17, 15) is 4.79 Å². The molecule has 8 heteroatoms. The van der Waals surface area contributed by atoms with E-state index in [1.165, 1.54) is 16.9 Å². The van der Waals surface area contributed by atoms with Crippen molar-refractivity contribution in [3.05, 3.63) is 42.0 Å². The third kappa shape index (κ3) is 5.49. The summed E-state index contributed by atoms with van der Waals surface area (Å²) in [6.45, 7) is 5.40. The highest BCUT2D eigenvalue weighted by atomic mass is 32.1. The molecule has 1 amide bonds. The van der Waals surface area contributed by atoms with Gasteiger partial charge in [-0.1, -0.05) is 37.3 Å². The van der Waals surface area contributed by atoms with E-state index in [4.69, 9.17) is 19.2 Å². The molecule has 7 nitrogen and oxygen atoms in total. The van der Waals surface area contributed by atoms with Crippen molar-refractivity contribution < 1.29 is 19.0 Å². The van der Waals surface area contributed by atoms with Gasteiger partial charge in [0.15, 0.2) is 11.7 Å². The average Bonchev–Trinajstić information content (AvgIpc) is 3.22. The number of nitrogens with zero attached hydrogens (tertiary/aromatic N) is 3. The molecule has 1 aromatic heterocycles. The standard InChI is InChI=1S/C24H31N3O4S/c1-16(2)17-7-9-18(10-8-17)31-15-21(28)27(14-13-26(3)4)24-25-22-19(29-5)11-12-20(30-6)23(22)32-24/h7-12,16H,13-15H2,1-6H3. The van der Waals surface area contributed by atoms with Crippen molar-refractivity contribution in [2.24, 2.45) is 0 Å². The van der Waals surface area contributed by atoms with Gasteiger partial charge in [-0.2, -0.15) is 0 Å². The maximum Gasteiger partial charge on any atom is 0.266 e. The van der Waals surface area contributed by atoms with Gasteiger partial charge in [0.05, 0.1) is 14.2 Å². The Morgan fingerprint density at radius 1 is 1.00 bits per heavy atom. The summed E-state index contributed by atoms with van der Waals surface area (Å²) in [6.07, 6.45) is 0. The number of ether oxygens (including phenoxy) is 3. The van der Waals surface area contributed by atoms with Gasteiger partial charge in [0.25, 0.3) is 5.91 Å². The number of anilines is 1. The number of methoxy groups -OCH3 is 2. The molecule has 0 aliphatic rings. The summed E-state index contributed by atoms with van der Waals surface area (Å²) in [6, 6.07) is 11.5. The number of carbonyl (C=O) groups is 1. The third-order valence-corrected chi connectivity index (χ3v) is 6.20. The lowest BCUT2D eigenvalue weighted by Gasteiger charge is -2.22. The van der Waals surface area contributed by atoms with Crippen LogP contribution in [0, 0.1) is 0 Å². The van der Waals surface area contributed by atoms with Gasteiger partial charge < -0.3 is 19.1 Å². The summed E-state index contributed by atoms with van der Waals surface area (Å²) in [7, 11) is 7.17. The van der Waals surface area contributed by atoms with Gasteiger partial charge in [-0.05, 0) is 49.8 Å². The molecule has 1 heterocycles. The van der Waals surface area contributed by atoms with Crippen molar-refractivity contribution in [3.63, 3.8) is 0 Å². The molecule has 0 radical (unpaired) electrons. The van der Waals surface area contributed by atoms with Crippen LogP contribution < -0.4 is 19.1 Å². The van der Waals surface area contributed by atoms with E-state index in [1.807, 2.05) is 55.4 Å². The van der Waals surface area contributed by atoms with Crippen molar-refractivity contribution in [1.82, 2.24) is 9.88 Å². The number of rotatable bonds is 10. The zero-order valence-corrected chi connectivity index (χ0v) is 20.4. The lowest BCUT2D eigenvalue weighted by atomic mass is 10.0. The highest BCUT2D eigenvalue weighted by molar-refractivity contribution is 7.22. The Morgan fingerprint density at radius 2 is 1.66 bits per heavy atom. The van der Waals surface area contributed by atoms with E-state index in [0.717, 1.165) is 4.70 Å². The highest BCUT2D eigenvalue weighted by Gasteiger charge is 2.23. The minimum absolute atomic E-state index is 0.0708. The Kier molecular flexibility index (Phi) is 7.93. The van der Waals surface area contributed by atoms with E-state index >= 15 is 0 Å². The van der Waals surface area contributed by atoms with Crippen molar-refractivity contribution in [2.45, 2.75) is 19.8 Å². The molecule has 32 heavy (non-hydrogen) atoms. The van der Waals surface area contributed by atoms with Crippen LogP contribution in [0.15, 0.2) is 36.4 Å². The first-order chi connectivity index (χ1) is 15.3. The summed E-state index contributed by atoms with van der Waals surface area (Å²) in [5, 5.41) is 0.591. The van der Waals surface area contributed by atoms with Crippen molar-refractivity contribution in [3.8, 4) is 17.2 Å². The summed E-state index contributed by atoms with van der Waals surface area (Å²) in [5.41, 5.74) is 1.91. The molecular formula is C24H31N3O4S. The average molecular weight is 458 g/mol. The number of benzene rings is 2. The predicted molar refractivity (Wildman–Crippen MR) is 130 cm³/mol. The second kappa shape index (κ2) is 10.7. The minimum atomic E-state index is -0.156. The number of hydrogen-bond donors (Lipinski definition) is 0. The zero-order chi connectivity index (χ0) is 23.3. The second-order valence-electron chi connectivity index (χ2n) is 8.01. The topological polar surface area (TPSA) is 64.1 Å². The van der Waals surface area contributed by atoms with Crippen LogP contribution in [0.1, 0.15) is 25.3 Å². The first-order valence-electron chi connectivity index (χ1n) is 10.5. The number of likely N-dealkylation sites (N-methyl/N-ethyl adjacent to an activating group) is 1. The van der Waals surface area contributed by atoms with E-state index in [1.54, 1.807) is 19.1 Å². The monoisotopic (exact) mass is 457 g/mol. The summed E-state index contributed by atoms with van der Waals surface area (Å²) in [4.78, 5) is 21.6. The fourth-order valence-corrected chi connectivity index (χ4v) is 4.31. The number of aromatic nitrogens is 1. The zero-order valence-electron chi connectivity index (χ0n) is 19.5. The molecule has 0 atom stereocenters. The molecule has 0 fully saturated rings. The Balaban J connectivity index is 1.84. The van der Waals surface area contributed by atoms with Crippen LogP contribution >= 0.6 is 11.3 Å². The molecule has 0 saturated heterocycles. The lowest BCUT2D eigenvalue weighted by Crippen LogP contribution is -2.39. The molecule has 0 N–H and O–H groups in total. The second-order valence-corrected chi connectivity index (χ2v) is 8.98. The molecule has 172 valence electrons. The Morgan fingerprint density at radius 3 is 2.25 bits per heavy atom. The molecule has 0 saturated carbocycles. The van der Waals surface area contributed by atoms with Crippen molar-refractivity contribution in [1.29, 1.82) is 0 Å². The van der Waals surface area contributed by atoms with Crippen LogP contribution in [-0.2, 0) is 4.79 Å². The van der Waals surface area contributed by atoms with Crippen LogP contribution in [0.25, 0.3) is 10.2 Å². The maximum atomic E-state index is 13.2. The van der Waals surface area contributed by atoms with Crippen molar-refractivity contribution >= 4 is 32.6 Å². The largest absolute Gasteiger partial charge is 0.495 e. The van der Waals surface area contributed by atoms with E-state index in [-0.39, 0.29) is 12.5 Å². The van der Waals surface area contributed by atoms with Crippen molar-refractivity contribution in [2.75, 3.05) is 52.9 Å². The lowest BCUT2D eigenvalue weighted by molar-refractivity contribution is -0.120. The molecule has 0 unspecified atom stereocenters. The summed E-state index contributed by atoms with van der Waals surface area (Å²) < 4.78 is 17.6. The number of amides is 1. The third-order valence-electron chi connectivity index (χ3n) is 5.11.